The summed E-state index contributed by atoms with van der Waals surface area (Å²) in [5, 5.41) is 0. The maximum atomic E-state index is 11.1. The second-order valence-corrected chi connectivity index (χ2v) is 1.15. The average Bonchev–Trinajstić information content (AvgIpc) is 1.59. The van der Waals surface area contributed by atoms with Crippen LogP contribution in [0.3, 0.4) is 0 Å². The third-order valence-electron chi connectivity index (χ3n) is 0.451. The summed E-state index contributed by atoms with van der Waals surface area (Å²) in [7, 11) is 0. The lowest BCUT2D eigenvalue weighted by Crippen LogP contribution is -2.06. The highest BCUT2D eigenvalue weighted by Gasteiger charge is 2.25. The summed E-state index contributed by atoms with van der Waals surface area (Å²) >= 11 is 0. The van der Waals surface area contributed by atoms with Gasteiger partial charge in [0.05, 0.1) is 6.42 Å². The summed E-state index contributed by atoms with van der Waals surface area (Å²) < 4.78 is 33.3. The van der Waals surface area contributed by atoms with E-state index in [1.54, 1.807) is 0 Å². The number of hydrogen-bond donors (Lipinski definition) is 0. The van der Waals surface area contributed by atoms with Crippen molar-refractivity contribution in [3.8, 4) is 12.3 Å². The van der Waals surface area contributed by atoms with Gasteiger partial charge in [0, 0.05) is 6.42 Å². The smallest absolute Gasteiger partial charge is 0.171 e. The minimum Gasteiger partial charge on any atom is -0.171 e. The Morgan fingerprint density at radius 1 is 1.50 bits per heavy atom. The number of hydrogen-bond acceptors (Lipinski definition) is 0. The SMILES string of the molecule is C#CC[CH]C(F)(F)F. The zero-order valence-corrected chi connectivity index (χ0v) is 4.00. The van der Waals surface area contributed by atoms with Crippen molar-refractivity contribution in [2.45, 2.75) is 12.6 Å². The van der Waals surface area contributed by atoms with E-state index in [9.17, 15) is 13.2 Å². The first-order valence-corrected chi connectivity index (χ1v) is 1.91. The van der Waals surface area contributed by atoms with Crippen molar-refractivity contribution in [3.63, 3.8) is 0 Å². The van der Waals surface area contributed by atoms with Crippen LogP contribution in [0, 0.1) is 18.8 Å². The van der Waals surface area contributed by atoms with E-state index in [4.69, 9.17) is 0 Å². The van der Waals surface area contributed by atoms with Crippen molar-refractivity contribution in [1.82, 2.24) is 0 Å². The minimum absolute atomic E-state index is 0.132. The highest BCUT2D eigenvalue weighted by molar-refractivity contribution is 4.93. The standard InChI is InChI=1S/C5H4F3/c1-2-3-4-5(6,7)8/h1,4H,3H2. The molecule has 0 aliphatic heterocycles. The second-order valence-electron chi connectivity index (χ2n) is 1.15. The zero-order chi connectivity index (χ0) is 6.62. The summed E-state index contributed by atoms with van der Waals surface area (Å²) in [6.07, 6.45) is 0.127. The third-order valence-corrected chi connectivity index (χ3v) is 0.451. The Balaban J connectivity index is 3.28. The molecule has 0 nitrogen and oxygen atoms in total. The maximum Gasteiger partial charge on any atom is 0.393 e. The predicted octanol–water partition coefficient (Wildman–Crippen LogP) is 1.78. The van der Waals surface area contributed by atoms with Crippen LogP contribution in [0.4, 0.5) is 13.2 Å². The van der Waals surface area contributed by atoms with Crippen LogP contribution in [0.5, 0.6) is 0 Å². The molecule has 0 saturated carbocycles. The van der Waals surface area contributed by atoms with E-state index < -0.39 is 6.18 Å². The van der Waals surface area contributed by atoms with E-state index in [0.717, 1.165) is 0 Å². The predicted molar refractivity (Wildman–Crippen MR) is 23.8 cm³/mol. The highest BCUT2D eigenvalue weighted by Crippen LogP contribution is 2.19. The van der Waals surface area contributed by atoms with Gasteiger partial charge >= 0.3 is 6.18 Å². The third kappa shape index (κ3) is 5.35. The first kappa shape index (κ1) is 7.35. The Bertz CT molecular complexity index is 95.2. The van der Waals surface area contributed by atoms with Gasteiger partial charge in [0.1, 0.15) is 0 Å². The molecule has 0 aliphatic carbocycles. The van der Waals surface area contributed by atoms with Gasteiger partial charge in [0.15, 0.2) is 0 Å². The molecule has 0 aromatic heterocycles. The molecular formula is C5H4F3. The van der Waals surface area contributed by atoms with Gasteiger partial charge in [-0.2, -0.15) is 13.2 Å². The fourth-order valence-corrected chi connectivity index (χ4v) is 0.175. The lowest BCUT2D eigenvalue weighted by atomic mass is 10.3. The molecule has 0 spiro atoms. The van der Waals surface area contributed by atoms with E-state index in [2.05, 4.69) is 6.42 Å². The Kier molecular flexibility index (Phi) is 2.40. The van der Waals surface area contributed by atoms with Gasteiger partial charge < -0.3 is 0 Å². The molecule has 45 valence electrons. The first-order valence-electron chi connectivity index (χ1n) is 1.91. The Labute approximate surface area is 45.7 Å². The molecule has 0 N–H and O–H groups in total. The van der Waals surface area contributed by atoms with Crippen molar-refractivity contribution in [3.05, 3.63) is 6.42 Å². The van der Waals surface area contributed by atoms with E-state index in [1.807, 2.05) is 5.92 Å². The number of alkyl halides is 3. The summed E-state index contributed by atoms with van der Waals surface area (Å²) in [4.78, 5) is 0. The van der Waals surface area contributed by atoms with Gasteiger partial charge in [-0.3, -0.25) is 0 Å². The molecule has 0 heterocycles. The van der Waals surface area contributed by atoms with Gasteiger partial charge in [-0.1, -0.05) is 0 Å². The van der Waals surface area contributed by atoms with Gasteiger partial charge in [0.2, 0.25) is 0 Å². The summed E-state index contributed by atoms with van der Waals surface area (Å²) in [5.41, 5.74) is 0. The fourth-order valence-electron chi connectivity index (χ4n) is 0.175. The molecule has 8 heavy (non-hydrogen) atoms. The molecule has 3 heteroatoms. The molecule has 1 radical (unpaired) electrons. The van der Waals surface area contributed by atoms with Crippen LogP contribution < -0.4 is 0 Å². The van der Waals surface area contributed by atoms with Crippen molar-refractivity contribution in [2.75, 3.05) is 0 Å². The number of halogens is 3. The van der Waals surface area contributed by atoms with Crippen LogP contribution in [0.15, 0.2) is 0 Å². The lowest BCUT2D eigenvalue weighted by Gasteiger charge is -1.99. The van der Waals surface area contributed by atoms with Crippen molar-refractivity contribution in [1.29, 1.82) is 0 Å². The highest BCUT2D eigenvalue weighted by atomic mass is 19.4. The summed E-state index contributed by atoms with van der Waals surface area (Å²) in [5.74, 6) is 1.85. The van der Waals surface area contributed by atoms with Gasteiger partial charge in [-0.05, 0) is 0 Å². The molecular weight excluding hydrogens is 117 g/mol. The van der Waals surface area contributed by atoms with Crippen LogP contribution in [-0.2, 0) is 0 Å². The van der Waals surface area contributed by atoms with E-state index in [-0.39, 0.29) is 12.8 Å². The maximum absolute atomic E-state index is 11.1. The lowest BCUT2D eigenvalue weighted by molar-refractivity contribution is -0.0968. The van der Waals surface area contributed by atoms with E-state index in [0.29, 0.717) is 0 Å². The Hall–Kier alpha value is -0.650. The minimum atomic E-state index is -4.22. The van der Waals surface area contributed by atoms with Crippen molar-refractivity contribution >= 4 is 0 Å². The Morgan fingerprint density at radius 3 is 2.12 bits per heavy atom. The van der Waals surface area contributed by atoms with Gasteiger partial charge in [0.25, 0.3) is 0 Å². The number of rotatable bonds is 1. The molecule has 0 atom stereocenters. The van der Waals surface area contributed by atoms with Gasteiger partial charge in [-0.15, -0.1) is 12.3 Å². The van der Waals surface area contributed by atoms with E-state index in [1.165, 1.54) is 0 Å². The molecule has 0 saturated heterocycles. The molecule has 0 fully saturated rings. The topological polar surface area (TPSA) is 0 Å². The second kappa shape index (κ2) is 2.61. The zero-order valence-electron chi connectivity index (χ0n) is 4.00. The summed E-state index contributed by atoms with van der Waals surface area (Å²) in [6, 6.07) is 0. The first-order chi connectivity index (χ1) is 3.56. The molecule has 0 amide bonds. The van der Waals surface area contributed by atoms with Gasteiger partial charge in [-0.25, -0.2) is 0 Å². The average molecular weight is 121 g/mol. The molecule has 0 aromatic rings. The number of terminal acetylenes is 1. The molecule has 0 rings (SSSR count). The van der Waals surface area contributed by atoms with Crippen molar-refractivity contribution in [2.24, 2.45) is 0 Å². The van der Waals surface area contributed by atoms with E-state index >= 15 is 0 Å². The van der Waals surface area contributed by atoms with Crippen LogP contribution in [0.2, 0.25) is 0 Å². The largest absolute Gasteiger partial charge is 0.393 e. The normalized spacial score (nSPS) is 10.8. The molecule has 0 aliphatic rings. The van der Waals surface area contributed by atoms with Crippen LogP contribution in [-0.4, -0.2) is 6.18 Å². The molecule has 0 bridgehead atoms. The van der Waals surface area contributed by atoms with Crippen LogP contribution >= 0.6 is 0 Å². The van der Waals surface area contributed by atoms with Crippen molar-refractivity contribution < 1.29 is 13.2 Å². The quantitative estimate of drug-likeness (QED) is 0.464. The monoisotopic (exact) mass is 121 g/mol. The molecule has 0 aromatic carbocycles. The van der Waals surface area contributed by atoms with Crippen LogP contribution in [0.25, 0.3) is 0 Å². The van der Waals surface area contributed by atoms with Crippen LogP contribution in [0.1, 0.15) is 6.42 Å². The summed E-state index contributed by atoms with van der Waals surface area (Å²) in [6.45, 7) is 0. The molecule has 0 unspecified atom stereocenters. The fraction of sp³-hybridized carbons (Fsp3) is 0.400. The Morgan fingerprint density at radius 2 is 2.00 bits per heavy atom.